The van der Waals surface area contributed by atoms with E-state index in [0.29, 0.717) is 31.6 Å². The molecule has 3 aromatic heterocycles. The van der Waals surface area contributed by atoms with Gasteiger partial charge in [0.1, 0.15) is 29.2 Å². The summed E-state index contributed by atoms with van der Waals surface area (Å²) in [6, 6.07) is 20.1. The Morgan fingerprint density at radius 2 is 1.64 bits per heavy atom. The van der Waals surface area contributed by atoms with Crippen molar-refractivity contribution in [3.63, 3.8) is 0 Å². The third kappa shape index (κ3) is 14.9. The van der Waals surface area contributed by atoms with Gasteiger partial charge in [-0.25, -0.2) is 15.0 Å². The highest BCUT2D eigenvalue weighted by Gasteiger charge is 2.47. The molecule has 17 nitrogen and oxygen atoms in total. The zero-order valence-corrected chi connectivity index (χ0v) is 44.0. The fraction of sp³-hybridized carbons (Fsp3) is 0.500. The van der Waals surface area contributed by atoms with Crippen LogP contribution in [0, 0.1) is 5.92 Å². The van der Waals surface area contributed by atoms with Gasteiger partial charge in [-0.2, -0.15) is 0 Å². The van der Waals surface area contributed by atoms with E-state index in [9.17, 15) is 19.2 Å². The van der Waals surface area contributed by atoms with Gasteiger partial charge in [0.2, 0.25) is 17.7 Å². The number of fused-ring (bicyclic) bond motifs is 1. The number of aliphatic imine (C=N–C) groups is 1. The van der Waals surface area contributed by atoms with E-state index < -0.39 is 0 Å². The number of carbonyl (C=O) groups excluding carboxylic acids is 4. The number of aromatic nitrogens is 4. The number of aryl methyl sites for hydroxylation is 2. The Morgan fingerprint density at radius 3 is 2.39 bits per heavy atom. The Bertz CT molecular complexity index is 2710. The van der Waals surface area contributed by atoms with Gasteiger partial charge in [0.05, 0.1) is 17.6 Å². The first-order valence-electron chi connectivity index (χ1n) is 26.7. The van der Waals surface area contributed by atoms with E-state index in [1.165, 1.54) is 11.1 Å². The van der Waals surface area contributed by atoms with Crippen LogP contribution in [0.5, 0.6) is 0 Å². The second-order valence-corrected chi connectivity index (χ2v) is 20.6. The number of piperazine rings is 1. The maximum atomic E-state index is 13.3. The molecule has 0 saturated carbocycles. The zero-order chi connectivity index (χ0) is 51.9. The van der Waals surface area contributed by atoms with E-state index in [4.69, 9.17) is 17.3 Å². The summed E-state index contributed by atoms with van der Waals surface area (Å²) in [6.07, 6.45) is 16.8. The van der Waals surface area contributed by atoms with Gasteiger partial charge < -0.3 is 41.4 Å². The summed E-state index contributed by atoms with van der Waals surface area (Å²) >= 11 is 5.99. The molecule has 6 N–H and O–H groups in total. The number of carbonyl (C=O) groups is 4. The number of unbranched alkanes of at least 4 members (excludes halogenated alkanes) is 4. The number of pyridine rings is 1. The third-order valence-corrected chi connectivity index (χ3v) is 15.2. The number of nitrogens with zero attached hydrogens (tertiary/aromatic N) is 8. The van der Waals surface area contributed by atoms with Gasteiger partial charge in [-0.1, -0.05) is 74.2 Å². The standard InChI is InChI=1S/C44H60ClN7O4.C12H14N6/c1-3-33-11-9-13-36(27-33)37-29-39(49-40(53)32-46-30-35-19-22-50(2)42(55)28-35)43(48-31-37)44(56)47-20-8-6-4-5-7-14-41(54)52-25-23-51(24-26-52)21-10-12-34-15-17-38(45)18-16-34;13-11-12(17-11)2-5-18(6-3-12)10-8-1-4-14-9(8)15-7-16-10/h9,11,13,15-18,27,29,31,35,46H,3-8,10,12,14,19-26,28,30,32H2,1-2H3,(H,47,56)(H,49,53);1,4,7H,2-3,5-6H2,(H2,13,17)(H,14,15,16). The molecule has 394 valence electrons. The molecule has 18 heteroatoms. The number of piperidine rings is 2. The molecule has 3 fully saturated rings. The number of halogens is 1. The molecule has 5 aromatic rings. The molecule has 0 radical (unpaired) electrons. The SMILES string of the molecule is CCc1cccc(-c2cnc(C(=O)NCCCCCCCC(=O)N3CCN(CCCc4ccc(Cl)cc4)CC3)c(NC(=O)CNCC3CCN(C)C(=O)C3)c2)c1.NC1=NC12CCN(c1ncnc3[nH]ccc13)CC2. The largest absolute Gasteiger partial charge is 0.385 e. The van der Waals surface area contributed by atoms with E-state index in [1.807, 2.05) is 54.5 Å². The first-order chi connectivity index (χ1) is 36.0. The second kappa shape index (κ2) is 26.2. The molecule has 2 aromatic carbocycles. The van der Waals surface area contributed by atoms with Gasteiger partial charge in [0.15, 0.2) is 5.69 Å². The van der Waals surface area contributed by atoms with Gasteiger partial charge in [-0.05, 0) is 111 Å². The van der Waals surface area contributed by atoms with E-state index in [2.05, 4.69) is 81.9 Å². The summed E-state index contributed by atoms with van der Waals surface area (Å²) in [7, 11) is 1.82. The van der Waals surface area contributed by atoms with Gasteiger partial charge in [-0.3, -0.25) is 29.1 Å². The summed E-state index contributed by atoms with van der Waals surface area (Å²) in [5, 5.41) is 11.0. The van der Waals surface area contributed by atoms with Gasteiger partial charge in [-0.15, -0.1) is 0 Å². The molecule has 74 heavy (non-hydrogen) atoms. The van der Waals surface area contributed by atoms with Crippen molar-refractivity contribution in [2.24, 2.45) is 16.6 Å². The number of benzene rings is 2. The van der Waals surface area contributed by atoms with Crippen molar-refractivity contribution in [3.05, 3.63) is 101 Å². The van der Waals surface area contributed by atoms with Crippen molar-refractivity contribution in [1.29, 1.82) is 0 Å². The van der Waals surface area contributed by atoms with E-state index in [1.54, 1.807) is 17.4 Å². The number of hydrogen-bond acceptors (Lipinski definition) is 12. The Balaban J connectivity index is 0.000000334. The van der Waals surface area contributed by atoms with Gasteiger partial charge in [0.25, 0.3) is 5.91 Å². The number of hydrogen-bond donors (Lipinski definition) is 5. The lowest BCUT2D eigenvalue weighted by Crippen LogP contribution is -2.48. The first-order valence-corrected chi connectivity index (χ1v) is 27.1. The van der Waals surface area contributed by atoms with Gasteiger partial charge >= 0.3 is 0 Å². The van der Waals surface area contributed by atoms with Crippen molar-refractivity contribution in [1.82, 2.24) is 45.3 Å². The third-order valence-electron chi connectivity index (χ3n) is 14.9. The topological polar surface area (TPSA) is 210 Å². The number of nitrogens with one attached hydrogen (secondary N) is 4. The number of H-pyrrole nitrogens is 1. The van der Waals surface area contributed by atoms with Crippen LogP contribution in [0.1, 0.15) is 99.2 Å². The van der Waals surface area contributed by atoms with Crippen LogP contribution in [0.15, 0.2) is 84.4 Å². The molecule has 0 aliphatic carbocycles. The molecule has 4 aliphatic heterocycles. The van der Waals surface area contributed by atoms with Crippen LogP contribution in [0.25, 0.3) is 22.2 Å². The normalized spacial score (nSPS) is 17.4. The van der Waals surface area contributed by atoms with Crippen molar-refractivity contribution >= 4 is 63.6 Å². The Kier molecular flexibility index (Phi) is 19.0. The molecular formula is C56H74ClN13O4. The fourth-order valence-electron chi connectivity index (χ4n) is 10.2. The number of likely N-dealkylation sites (tertiary alicyclic amines) is 1. The van der Waals surface area contributed by atoms with Crippen LogP contribution in [0.3, 0.4) is 0 Å². The highest BCUT2D eigenvalue weighted by molar-refractivity contribution is 6.30. The number of amidine groups is 1. The van der Waals surface area contributed by atoms with Crippen LogP contribution < -0.4 is 26.6 Å². The lowest BCUT2D eigenvalue weighted by molar-refractivity contribution is -0.134. The predicted molar refractivity (Wildman–Crippen MR) is 293 cm³/mol. The quantitative estimate of drug-likeness (QED) is 0.0479. The smallest absolute Gasteiger partial charge is 0.272 e. The fourth-order valence-corrected chi connectivity index (χ4v) is 10.3. The summed E-state index contributed by atoms with van der Waals surface area (Å²) in [5.41, 5.74) is 11.5. The average molecular weight is 1030 g/mol. The highest BCUT2D eigenvalue weighted by atomic mass is 35.5. The van der Waals surface area contributed by atoms with Crippen molar-refractivity contribution in [2.45, 2.75) is 95.9 Å². The van der Waals surface area contributed by atoms with Crippen LogP contribution in [0.2, 0.25) is 5.02 Å². The monoisotopic (exact) mass is 1030 g/mol. The molecule has 1 atom stereocenters. The molecule has 0 bridgehead atoms. The van der Waals surface area contributed by atoms with Crippen molar-refractivity contribution < 1.29 is 19.2 Å². The van der Waals surface area contributed by atoms with Crippen molar-refractivity contribution in [3.8, 4) is 11.1 Å². The Hall–Kier alpha value is -6.43. The molecule has 3 saturated heterocycles. The summed E-state index contributed by atoms with van der Waals surface area (Å²) in [4.78, 5) is 80.5. The maximum Gasteiger partial charge on any atom is 0.272 e. The van der Waals surface area contributed by atoms with Crippen molar-refractivity contribution in [2.75, 3.05) is 89.3 Å². The van der Waals surface area contributed by atoms with Crippen LogP contribution >= 0.6 is 11.6 Å². The Morgan fingerprint density at radius 1 is 0.865 bits per heavy atom. The predicted octanol–water partition coefficient (Wildman–Crippen LogP) is 6.88. The lowest BCUT2D eigenvalue weighted by Gasteiger charge is -2.34. The molecule has 4 amide bonds. The second-order valence-electron chi connectivity index (χ2n) is 20.2. The molecular weight excluding hydrogens is 954 g/mol. The number of aromatic amines is 1. The highest BCUT2D eigenvalue weighted by Crippen LogP contribution is 2.38. The minimum Gasteiger partial charge on any atom is -0.385 e. The van der Waals surface area contributed by atoms with E-state index in [-0.39, 0.29) is 47.3 Å². The number of anilines is 2. The van der Waals surface area contributed by atoms with E-state index >= 15 is 0 Å². The average Bonchev–Trinajstić information content (AvgIpc) is 3.76. The minimum atomic E-state index is -0.334. The Labute approximate surface area is 440 Å². The lowest BCUT2D eigenvalue weighted by atomic mass is 9.94. The summed E-state index contributed by atoms with van der Waals surface area (Å²) < 4.78 is 0. The number of amides is 4. The van der Waals surface area contributed by atoms with Crippen LogP contribution in [-0.2, 0) is 27.2 Å². The number of rotatable bonds is 21. The zero-order valence-electron chi connectivity index (χ0n) is 43.2. The summed E-state index contributed by atoms with van der Waals surface area (Å²) in [6.45, 7) is 10.3. The molecule has 9 rings (SSSR count). The minimum absolute atomic E-state index is 0.000786. The summed E-state index contributed by atoms with van der Waals surface area (Å²) in [5.74, 6) is 1.80. The first kappa shape index (κ1) is 53.8. The molecule has 1 unspecified atom stereocenters. The van der Waals surface area contributed by atoms with Gasteiger partial charge in [0, 0.05) is 95.2 Å². The van der Waals surface area contributed by atoms with E-state index in [0.717, 1.165) is 162 Å². The molecule has 1 spiro atoms. The van der Waals surface area contributed by atoms with Crippen LogP contribution in [0.4, 0.5) is 11.5 Å². The number of nitrogens with two attached hydrogens (primary N) is 1. The van der Waals surface area contributed by atoms with Crippen LogP contribution in [-0.4, -0.2) is 149 Å². The maximum absolute atomic E-state index is 13.3. The molecule has 4 aliphatic rings. The molecule has 7 heterocycles.